The molecule has 4 aromatic rings. The molecule has 4 heterocycles. The Morgan fingerprint density at radius 3 is 2.21 bits per heavy atom. The van der Waals surface area contributed by atoms with E-state index in [9.17, 15) is 4.79 Å². The fraction of sp³-hybridized carbons (Fsp3) is 0.227. The van der Waals surface area contributed by atoms with Crippen molar-refractivity contribution in [1.29, 1.82) is 0 Å². The first-order valence-electron chi connectivity index (χ1n) is 10.5. The molecule has 1 aliphatic rings. The number of aryl methyl sites for hydroxylation is 1. The molecular weight excluding hydrogens is 420 g/mol. The number of hydrogen-bond acceptors (Lipinski definition) is 10. The van der Waals surface area contributed by atoms with Crippen molar-refractivity contribution in [3.8, 4) is 0 Å². The predicted octanol–water partition coefficient (Wildman–Crippen LogP) is 1.70. The van der Waals surface area contributed by atoms with Gasteiger partial charge in [0.05, 0.1) is 17.4 Å². The highest BCUT2D eigenvalue weighted by atomic mass is 16.1. The normalized spacial score (nSPS) is 13.7. The molecule has 0 unspecified atom stereocenters. The average molecular weight is 442 g/mol. The van der Waals surface area contributed by atoms with Crippen LogP contribution < -0.4 is 15.1 Å². The lowest BCUT2D eigenvalue weighted by molar-refractivity contribution is 0.103. The minimum absolute atomic E-state index is 0.0856. The topological polar surface area (TPSA) is 118 Å². The summed E-state index contributed by atoms with van der Waals surface area (Å²) in [5.74, 6) is 1.60. The molecule has 0 spiro atoms. The number of nitrogens with zero attached hydrogens (tertiary/aromatic N) is 9. The number of hydrogen-bond donors (Lipinski definition) is 1. The zero-order valence-electron chi connectivity index (χ0n) is 18.0. The molecule has 0 amide bonds. The van der Waals surface area contributed by atoms with E-state index < -0.39 is 0 Å². The van der Waals surface area contributed by atoms with E-state index in [4.69, 9.17) is 0 Å². The van der Waals surface area contributed by atoms with Gasteiger partial charge in [-0.3, -0.25) is 9.48 Å². The Morgan fingerprint density at radius 2 is 1.55 bits per heavy atom. The molecule has 0 radical (unpaired) electrons. The summed E-state index contributed by atoms with van der Waals surface area (Å²) >= 11 is 0. The van der Waals surface area contributed by atoms with Crippen LogP contribution in [0.3, 0.4) is 0 Å². The fourth-order valence-corrected chi connectivity index (χ4v) is 3.58. The van der Waals surface area contributed by atoms with Crippen LogP contribution in [-0.2, 0) is 7.05 Å². The van der Waals surface area contributed by atoms with Crippen molar-refractivity contribution in [2.75, 3.05) is 41.3 Å². The SMILES string of the molecule is Cn1cc(Nc2ncnc(N3CCN(c4ncc(C(=O)c5ccccc5)cn4)CC3)n2)cn1. The lowest BCUT2D eigenvalue weighted by atomic mass is 10.1. The molecule has 1 aliphatic heterocycles. The van der Waals surface area contributed by atoms with Gasteiger partial charge in [-0.05, 0) is 0 Å². The van der Waals surface area contributed by atoms with Gasteiger partial charge in [-0.1, -0.05) is 30.3 Å². The molecule has 0 bridgehead atoms. The van der Waals surface area contributed by atoms with E-state index in [1.165, 1.54) is 6.33 Å². The standard InChI is InChI=1S/C22H22N10O/c1-30-14-18(13-27-30)28-20-25-15-26-22(29-20)32-9-7-31(8-10-32)21-23-11-17(12-24-21)19(33)16-5-3-2-4-6-16/h2-6,11-15H,7-10H2,1H3,(H,25,26,28,29). The number of piperazine rings is 1. The summed E-state index contributed by atoms with van der Waals surface area (Å²) in [7, 11) is 1.85. The first-order valence-corrected chi connectivity index (χ1v) is 10.5. The quantitative estimate of drug-likeness (QED) is 0.442. The van der Waals surface area contributed by atoms with Crippen LogP contribution in [0.25, 0.3) is 0 Å². The number of aromatic nitrogens is 7. The summed E-state index contributed by atoms with van der Waals surface area (Å²) in [6.45, 7) is 2.85. The molecule has 5 rings (SSSR count). The molecule has 166 valence electrons. The lowest BCUT2D eigenvalue weighted by Gasteiger charge is -2.34. The summed E-state index contributed by atoms with van der Waals surface area (Å²) in [6, 6.07) is 9.13. The Labute approximate surface area is 190 Å². The summed E-state index contributed by atoms with van der Waals surface area (Å²) in [5, 5.41) is 7.26. The second-order valence-electron chi connectivity index (χ2n) is 7.58. The van der Waals surface area contributed by atoms with Gasteiger partial charge in [-0.25, -0.2) is 19.9 Å². The van der Waals surface area contributed by atoms with Crippen LogP contribution in [-0.4, -0.2) is 66.7 Å². The van der Waals surface area contributed by atoms with E-state index in [1.807, 2.05) is 31.4 Å². The minimum atomic E-state index is -0.0856. The number of benzene rings is 1. The zero-order chi connectivity index (χ0) is 22.6. The van der Waals surface area contributed by atoms with Crippen molar-refractivity contribution >= 4 is 29.3 Å². The van der Waals surface area contributed by atoms with Crippen LogP contribution in [0.4, 0.5) is 23.5 Å². The van der Waals surface area contributed by atoms with Gasteiger partial charge in [0.1, 0.15) is 6.33 Å². The summed E-state index contributed by atoms with van der Waals surface area (Å²) in [5.41, 5.74) is 1.91. The van der Waals surface area contributed by atoms with Crippen molar-refractivity contribution in [1.82, 2.24) is 34.7 Å². The third-order valence-corrected chi connectivity index (χ3v) is 5.30. The molecular formula is C22H22N10O. The molecule has 0 atom stereocenters. The van der Waals surface area contributed by atoms with E-state index in [0.29, 0.717) is 55.2 Å². The Bertz CT molecular complexity index is 1230. The molecule has 0 aliphatic carbocycles. The van der Waals surface area contributed by atoms with Crippen molar-refractivity contribution < 1.29 is 4.79 Å². The van der Waals surface area contributed by atoms with Gasteiger partial charge in [0.25, 0.3) is 0 Å². The van der Waals surface area contributed by atoms with E-state index >= 15 is 0 Å². The van der Waals surface area contributed by atoms with Gasteiger partial charge < -0.3 is 15.1 Å². The van der Waals surface area contributed by atoms with Gasteiger partial charge in [-0.2, -0.15) is 10.1 Å². The molecule has 0 saturated carbocycles. The van der Waals surface area contributed by atoms with E-state index in [1.54, 1.807) is 35.4 Å². The maximum Gasteiger partial charge on any atom is 0.232 e. The first kappa shape index (κ1) is 20.5. The number of anilines is 4. The lowest BCUT2D eigenvalue weighted by Crippen LogP contribution is -2.47. The molecule has 1 fully saturated rings. The third-order valence-electron chi connectivity index (χ3n) is 5.30. The van der Waals surface area contributed by atoms with Gasteiger partial charge in [0.2, 0.25) is 17.8 Å². The summed E-state index contributed by atoms with van der Waals surface area (Å²) < 4.78 is 1.70. The van der Waals surface area contributed by atoms with E-state index in [0.717, 1.165) is 5.69 Å². The average Bonchev–Trinajstić information content (AvgIpc) is 3.29. The van der Waals surface area contributed by atoms with Crippen LogP contribution in [0.5, 0.6) is 0 Å². The van der Waals surface area contributed by atoms with Crippen LogP contribution in [0.1, 0.15) is 15.9 Å². The Kier molecular flexibility index (Phi) is 5.58. The van der Waals surface area contributed by atoms with Crippen LogP contribution in [0.2, 0.25) is 0 Å². The van der Waals surface area contributed by atoms with Crippen molar-refractivity contribution in [3.05, 3.63) is 72.6 Å². The fourth-order valence-electron chi connectivity index (χ4n) is 3.58. The maximum atomic E-state index is 12.5. The smallest absolute Gasteiger partial charge is 0.232 e. The molecule has 11 heteroatoms. The molecule has 33 heavy (non-hydrogen) atoms. The third kappa shape index (κ3) is 4.61. The van der Waals surface area contributed by atoms with Gasteiger partial charge >= 0.3 is 0 Å². The maximum absolute atomic E-state index is 12.5. The number of ketones is 1. The second kappa shape index (κ2) is 8.99. The van der Waals surface area contributed by atoms with Gasteiger partial charge in [0, 0.05) is 57.4 Å². The molecule has 1 aromatic carbocycles. The molecule has 1 saturated heterocycles. The van der Waals surface area contributed by atoms with Gasteiger partial charge in [-0.15, -0.1) is 0 Å². The number of carbonyl (C=O) groups is 1. The number of rotatable bonds is 6. The monoisotopic (exact) mass is 442 g/mol. The van der Waals surface area contributed by atoms with Crippen molar-refractivity contribution in [2.24, 2.45) is 7.05 Å². The largest absolute Gasteiger partial charge is 0.337 e. The Balaban J connectivity index is 1.21. The summed E-state index contributed by atoms with van der Waals surface area (Å²) in [6.07, 6.45) is 8.24. The first-order chi connectivity index (χ1) is 16.2. The van der Waals surface area contributed by atoms with E-state index in [2.05, 4.69) is 45.1 Å². The van der Waals surface area contributed by atoms with Crippen LogP contribution in [0.15, 0.2) is 61.4 Å². The van der Waals surface area contributed by atoms with Crippen LogP contribution >= 0.6 is 0 Å². The molecule has 11 nitrogen and oxygen atoms in total. The highest BCUT2D eigenvalue weighted by Gasteiger charge is 2.22. The highest BCUT2D eigenvalue weighted by molar-refractivity contribution is 6.08. The molecule has 3 aromatic heterocycles. The van der Waals surface area contributed by atoms with E-state index in [-0.39, 0.29) is 5.78 Å². The minimum Gasteiger partial charge on any atom is -0.337 e. The van der Waals surface area contributed by atoms with Crippen molar-refractivity contribution in [2.45, 2.75) is 0 Å². The highest BCUT2D eigenvalue weighted by Crippen LogP contribution is 2.17. The number of carbonyl (C=O) groups excluding carboxylic acids is 1. The number of nitrogens with one attached hydrogen (secondary N) is 1. The molecule has 1 N–H and O–H groups in total. The summed E-state index contributed by atoms with van der Waals surface area (Å²) in [4.78, 5) is 38.6. The van der Waals surface area contributed by atoms with Crippen molar-refractivity contribution in [3.63, 3.8) is 0 Å². The Hall–Kier alpha value is -4.41. The van der Waals surface area contributed by atoms with Crippen LogP contribution in [0, 0.1) is 0 Å². The second-order valence-corrected chi connectivity index (χ2v) is 7.58. The van der Waals surface area contributed by atoms with Gasteiger partial charge in [0.15, 0.2) is 5.78 Å². The zero-order valence-corrected chi connectivity index (χ0v) is 18.0. The Morgan fingerprint density at radius 1 is 0.848 bits per heavy atom. The predicted molar refractivity (Wildman–Crippen MR) is 123 cm³/mol.